The Balaban J connectivity index is 1.23. The minimum atomic E-state index is -0.826. The number of rotatable bonds is 5. The van der Waals surface area contributed by atoms with E-state index in [1.807, 2.05) is 18.2 Å². The van der Waals surface area contributed by atoms with Crippen LogP contribution in [0.15, 0.2) is 30.3 Å². The molecule has 0 bridgehead atoms. The maximum absolute atomic E-state index is 14.5. The van der Waals surface area contributed by atoms with Gasteiger partial charge in [-0.15, -0.1) is 0 Å². The molecule has 3 saturated heterocycles. The van der Waals surface area contributed by atoms with Crippen LogP contribution in [0.4, 0.5) is 20.3 Å². The lowest BCUT2D eigenvalue weighted by Gasteiger charge is -2.34. The molecule has 3 aromatic rings. The number of hydrogen-bond donors (Lipinski definition) is 1. The summed E-state index contributed by atoms with van der Waals surface area (Å²) >= 11 is 6.48. The lowest BCUT2D eigenvalue weighted by molar-refractivity contribution is 0.107. The first kappa shape index (κ1) is 27.1. The fraction of sp³-hybridized carbons (Fsp3) is 0.548. The third kappa shape index (κ3) is 5.00. The molecule has 3 atom stereocenters. The van der Waals surface area contributed by atoms with Gasteiger partial charge in [-0.2, -0.15) is 9.97 Å². The van der Waals surface area contributed by atoms with Gasteiger partial charge in [0.05, 0.1) is 28.9 Å². The number of alkyl halides is 1. The second kappa shape index (κ2) is 10.8. The van der Waals surface area contributed by atoms with Gasteiger partial charge in [0.25, 0.3) is 0 Å². The van der Waals surface area contributed by atoms with E-state index in [0.717, 1.165) is 66.9 Å². The van der Waals surface area contributed by atoms with Crippen LogP contribution in [0.3, 0.4) is 0 Å². The lowest BCUT2D eigenvalue weighted by atomic mass is 9.95. The van der Waals surface area contributed by atoms with E-state index >= 15 is 0 Å². The molecule has 0 aliphatic carbocycles. The van der Waals surface area contributed by atoms with Crippen LogP contribution in [0.2, 0.25) is 5.02 Å². The van der Waals surface area contributed by atoms with Crippen LogP contribution in [0.25, 0.3) is 10.8 Å². The number of hydrogen-bond acceptors (Lipinski definition) is 7. The molecule has 7 rings (SSSR count). The van der Waals surface area contributed by atoms with Gasteiger partial charge < -0.3 is 19.6 Å². The SMILES string of the molecule is OC1CCCN(c2nc(OC[C@@]34CCCN3C[C@H](F)C4)nc3c2CCN(c2cccc4ccc(F)c(Cl)c24)C3)CC1. The number of fused-ring (bicyclic) bond motifs is 3. The number of nitrogens with zero attached hydrogens (tertiary/aromatic N) is 5. The molecule has 4 aliphatic heterocycles. The van der Waals surface area contributed by atoms with E-state index in [1.54, 1.807) is 6.07 Å². The van der Waals surface area contributed by atoms with Crippen molar-refractivity contribution in [3.05, 3.63) is 52.4 Å². The Labute approximate surface area is 244 Å². The molecule has 4 aliphatic rings. The third-order valence-corrected chi connectivity index (χ3v) is 9.87. The van der Waals surface area contributed by atoms with Crippen molar-refractivity contribution in [2.24, 2.45) is 0 Å². The second-order valence-corrected chi connectivity index (χ2v) is 12.5. The smallest absolute Gasteiger partial charge is 0.318 e. The first-order chi connectivity index (χ1) is 19.9. The molecular formula is C31H36ClF2N5O2. The Morgan fingerprint density at radius 3 is 2.85 bits per heavy atom. The zero-order valence-electron chi connectivity index (χ0n) is 23.2. The monoisotopic (exact) mass is 583 g/mol. The predicted octanol–water partition coefficient (Wildman–Crippen LogP) is 5.29. The third-order valence-electron chi connectivity index (χ3n) is 9.50. The normalized spacial score (nSPS) is 26.7. The number of halogens is 3. The van der Waals surface area contributed by atoms with Gasteiger partial charge in [0.2, 0.25) is 0 Å². The zero-order chi connectivity index (χ0) is 28.1. The molecule has 1 N–H and O–H groups in total. The number of aliphatic hydroxyl groups is 1. The Morgan fingerprint density at radius 1 is 1.05 bits per heavy atom. The largest absolute Gasteiger partial charge is 0.461 e. The van der Waals surface area contributed by atoms with Gasteiger partial charge in [-0.25, -0.2) is 8.78 Å². The summed E-state index contributed by atoms with van der Waals surface area (Å²) in [5.41, 5.74) is 2.55. The van der Waals surface area contributed by atoms with Crippen LogP contribution < -0.4 is 14.5 Å². The molecule has 5 heterocycles. The summed E-state index contributed by atoms with van der Waals surface area (Å²) in [5.74, 6) is 0.437. The van der Waals surface area contributed by atoms with Crippen molar-refractivity contribution in [2.45, 2.75) is 69.3 Å². The van der Waals surface area contributed by atoms with E-state index in [-0.39, 0.29) is 16.7 Å². The highest BCUT2D eigenvalue weighted by Gasteiger charge is 2.49. The Morgan fingerprint density at radius 2 is 1.95 bits per heavy atom. The van der Waals surface area contributed by atoms with Gasteiger partial charge in [-0.3, -0.25) is 4.90 Å². The fourth-order valence-corrected chi connectivity index (χ4v) is 7.68. The minimum absolute atomic E-state index is 0.127. The van der Waals surface area contributed by atoms with Crippen molar-refractivity contribution in [3.8, 4) is 6.01 Å². The quantitative estimate of drug-likeness (QED) is 0.438. The van der Waals surface area contributed by atoms with Gasteiger partial charge in [-0.1, -0.05) is 29.8 Å². The topological polar surface area (TPSA) is 65.0 Å². The van der Waals surface area contributed by atoms with Crippen LogP contribution in [0.1, 0.15) is 49.8 Å². The van der Waals surface area contributed by atoms with E-state index in [2.05, 4.69) is 14.7 Å². The molecule has 2 aromatic carbocycles. The Hall–Kier alpha value is -2.75. The summed E-state index contributed by atoms with van der Waals surface area (Å²) in [4.78, 5) is 16.6. The van der Waals surface area contributed by atoms with Crippen molar-refractivity contribution in [1.82, 2.24) is 14.9 Å². The highest BCUT2D eigenvalue weighted by atomic mass is 35.5. The van der Waals surface area contributed by atoms with Crippen LogP contribution in [0, 0.1) is 5.82 Å². The number of benzene rings is 2. The number of aliphatic hydroxyl groups excluding tert-OH is 1. The molecule has 7 nitrogen and oxygen atoms in total. The molecule has 0 saturated carbocycles. The fourth-order valence-electron chi connectivity index (χ4n) is 7.41. The first-order valence-corrected chi connectivity index (χ1v) is 15.2. The van der Waals surface area contributed by atoms with Gasteiger partial charge in [0.15, 0.2) is 0 Å². The molecule has 10 heteroatoms. The van der Waals surface area contributed by atoms with Gasteiger partial charge >= 0.3 is 6.01 Å². The minimum Gasteiger partial charge on any atom is -0.461 e. The molecule has 0 spiro atoms. The average molecular weight is 584 g/mol. The summed E-state index contributed by atoms with van der Waals surface area (Å²) in [7, 11) is 0. The van der Waals surface area contributed by atoms with Crippen LogP contribution in [-0.2, 0) is 13.0 Å². The molecule has 0 radical (unpaired) electrons. The average Bonchev–Trinajstić information content (AvgIpc) is 3.41. The highest BCUT2D eigenvalue weighted by molar-refractivity contribution is 6.36. The summed E-state index contributed by atoms with van der Waals surface area (Å²) in [6.45, 7) is 4.48. The molecule has 0 amide bonds. The van der Waals surface area contributed by atoms with E-state index < -0.39 is 12.0 Å². The zero-order valence-corrected chi connectivity index (χ0v) is 23.9. The molecule has 1 unspecified atom stereocenters. The van der Waals surface area contributed by atoms with Gasteiger partial charge in [0, 0.05) is 49.2 Å². The van der Waals surface area contributed by atoms with Crippen molar-refractivity contribution in [3.63, 3.8) is 0 Å². The van der Waals surface area contributed by atoms with Gasteiger partial charge in [0.1, 0.15) is 24.4 Å². The van der Waals surface area contributed by atoms with Crippen molar-refractivity contribution in [2.75, 3.05) is 49.1 Å². The van der Waals surface area contributed by atoms with Crippen molar-refractivity contribution >= 4 is 33.9 Å². The standard InChI is InChI=1S/C31H36ClF2N5O2/c32-28-24(34)8-7-20-4-1-6-26(27(20)28)38-15-10-23-25(18-38)35-30(36-29(23)37-12-2-5-22(40)9-14-37)41-19-31-11-3-13-39(31)17-21(33)16-31/h1,4,6-8,21-22,40H,2-3,5,9-19H2/t21-,22?,31+/m1/s1. The summed E-state index contributed by atoms with van der Waals surface area (Å²) in [5, 5.41) is 12.0. The van der Waals surface area contributed by atoms with E-state index in [0.29, 0.717) is 63.4 Å². The molecule has 3 fully saturated rings. The van der Waals surface area contributed by atoms with Crippen LogP contribution in [0.5, 0.6) is 6.01 Å². The van der Waals surface area contributed by atoms with Crippen LogP contribution >= 0.6 is 11.6 Å². The number of ether oxygens (including phenoxy) is 1. The second-order valence-electron chi connectivity index (χ2n) is 12.1. The summed E-state index contributed by atoms with van der Waals surface area (Å²) < 4.78 is 35.2. The highest BCUT2D eigenvalue weighted by Crippen LogP contribution is 2.41. The Bertz CT molecular complexity index is 1460. The number of anilines is 2. The van der Waals surface area contributed by atoms with E-state index in [1.165, 1.54) is 6.07 Å². The number of aromatic nitrogens is 2. The molecule has 41 heavy (non-hydrogen) atoms. The lowest BCUT2D eigenvalue weighted by Crippen LogP contribution is -2.43. The summed E-state index contributed by atoms with van der Waals surface area (Å²) in [6, 6.07) is 9.37. The van der Waals surface area contributed by atoms with Gasteiger partial charge in [-0.05, 0) is 62.6 Å². The van der Waals surface area contributed by atoms with Crippen LogP contribution in [-0.4, -0.2) is 77.1 Å². The summed E-state index contributed by atoms with van der Waals surface area (Å²) in [6.07, 6.45) is 4.40. The molecule has 218 valence electrons. The predicted molar refractivity (Wildman–Crippen MR) is 156 cm³/mol. The molecule has 1 aromatic heterocycles. The van der Waals surface area contributed by atoms with Crippen molar-refractivity contribution in [1.29, 1.82) is 0 Å². The first-order valence-electron chi connectivity index (χ1n) is 14.9. The molecular weight excluding hydrogens is 548 g/mol. The maximum atomic E-state index is 14.5. The Kier molecular flexibility index (Phi) is 7.16. The van der Waals surface area contributed by atoms with E-state index in [9.17, 15) is 13.9 Å². The van der Waals surface area contributed by atoms with Crippen molar-refractivity contribution < 1.29 is 18.6 Å². The van der Waals surface area contributed by atoms with E-state index in [4.69, 9.17) is 26.3 Å². The maximum Gasteiger partial charge on any atom is 0.318 e.